The van der Waals surface area contributed by atoms with Gasteiger partial charge in [-0.25, -0.2) is 13.4 Å². The number of anilines is 1. The predicted octanol–water partition coefficient (Wildman–Crippen LogP) is 4.63. The van der Waals surface area contributed by atoms with Crippen molar-refractivity contribution in [3.8, 4) is 0 Å². The third-order valence-corrected chi connectivity index (χ3v) is 9.35. The number of aryl methyl sites for hydroxylation is 1. The molecule has 3 aromatic rings. The van der Waals surface area contributed by atoms with E-state index in [4.69, 9.17) is 4.98 Å². The van der Waals surface area contributed by atoms with Crippen LogP contribution < -0.4 is 4.90 Å². The SMILES string of the molecule is CCc1ccc2nc(N(CCN(C)C)C(=O)c3ccc(S(=O)(=O)N4CCCCCC4)cc3)sc2c1. The highest BCUT2D eigenvalue weighted by molar-refractivity contribution is 7.89. The molecular formula is C26H34N4O3S2. The predicted molar refractivity (Wildman–Crippen MR) is 143 cm³/mol. The molecule has 0 atom stereocenters. The van der Waals surface area contributed by atoms with E-state index in [2.05, 4.69) is 19.1 Å². The van der Waals surface area contributed by atoms with E-state index in [-0.39, 0.29) is 10.8 Å². The minimum Gasteiger partial charge on any atom is -0.308 e. The van der Waals surface area contributed by atoms with Crippen LogP contribution in [0.25, 0.3) is 10.2 Å². The molecule has 0 N–H and O–H groups in total. The maximum absolute atomic E-state index is 13.6. The van der Waals surface area contributed by atoms with Crippen molar-refractivity contribution in [1.29, 1.82) is 0 Å². The third kappa shape index (κ3) is 5.91. The van der Waals surface area contributed by atoms with Crippen LogP contribution in [-0.4, -0.2) is 68.8 Å². The fraction of sp³-hybridized carbons (Fsp3) is 0.462. The number of hydrogen-bond donors (Lipinski definition) is 0. The average molecular weight is 515 g/mol. The summed E-state index contributed by atoms with van der Waals surface area (Å²) in [6.45, 7) is 4.40. The number of aromatic nitrogens is 1. The molecule has 9 heteroatoms. The largest absolute Gasteiger partial charge is 0.308 e. The molecule has 4 rings (SSSR count). The van der Waals surface area contributed by atoms with E-state index in [1.54, 1.807) is 33.5 Å². The third-order valence-electron chi connectivity index (χ3n) is 6.40. The molecule has 188 valence electrons. The smallest absolute Gasteiger partial charge is 0.260 e. The monoisotopic (exact) mass is 514 g/mol. The zero-order chi connectivity index (χ0) is 25.0. The lowest BCUT2D eigenvalue weighted by Crippen LogP contribution is -2.36. The first-order valence-electron chi connectivity index (χ1n) is 12.3. The summed E-state index contributed by atoms with van der Waals surface area (Å²) in [5, 5.41) is 0.654. The van der Waals surface area contributed by atoms with Gasteiger partial charge in [-0.05, 0) is 75.3 Å². The first-order chi connectivity index (χ1) is 16.8. The molecule has 1 aliphatic rings. The molecular weight excluding hydrogens is 480 g/mol. The molecule has 0 saturated carbocycles. The van der Waals surface area contributed by atoms with Crippen molar-refractivity contribution >= 4 is 42.6 Å². The van der Waals surface area contributed by atoms with Gasteiger partial charge in [-0.2, -0.15) is 4.31 Å². The molecule has 2 aromatic carbocycles. The zero-order valence-corrected chi connectivity index (χ0v) is 22.4. The first-order valence-corrected chi connectivity index (χ1v) is 14.5. The molecule has 0 aliphatic carbocycles. The Morgan fingerprint density at radius 2 is 1.69 bits per heavy atom. The molecule has 2 heterocycles. The van der Waals surface area contributed by atoms with Crippen molar-refractivity contribution in [3.63, 3.8) is 0 Å². The fourth-order valence-electron chi connectivity index (χ4n) is 4.23. The molecule has 1 aromatic heterocycles. The molecule has 7 nitrogen and oxygen atoms in total. The Hall–Kier alpha value is -2.33. The van der Waals surface area contributed by atoms with Gasteiger partial charge in [0.05, 0.1) is 15.1 Å². The van der Waals surface area contributed by atoms with Crippen molar-refractivity contribution in [2.24, 2.45) is 0 Å². The van der Waals surface area contributed by atoms with Gasteiger partial charge < -0.3 is 4.90 Å². The number of likely N-dealkylation sites (N-methyl/N-ethyl adjacent to an activating group) is 1. The lowest BCUT2D eigenvalue weighted by atomic mass is 10.2. The average Bonchev–Trinajstić information content (AvgIpc) is 3.06. The molecule has 0 radical (unpaired) electrons. The van der Waals surface area contributed by atoms with Gasteiger partial charge in [0.1, 0.15) is 0 Å². The molecule has 1 amide bonds. The number of nitrogens with zero attached hydrogens (tertiary/aromatic N) is 4. The second-order valence-corrected chi connectivity index (χ2v) is 12.2. The van der Waals surface area contributed by atoms with E-state index < -0.39 is 10.0 Å². The van der Waals surface area contributed by atoms with Gasteiger partial charge in [0.2, 0.25) is 10.0 Å². The standard InChI is InChI=1S/C26H34N4O3S2/c1-4-20-9-14-23-24(19-20)34-26(27-23)30(18-17-28(2)3)25(31)21-10-12-22(13-11-21)35(32,33)29-15-7-5-6-8-16-29/h9-14,19H,4-8,15-18H2,1-3H3. The first kappa shape index (κ1) is 25.8. The van der Waals surface area contributed by atoms with E-state index in [1.807, 2.05) is 25.1 Å². The highest BCUT2D eigenvalue weighted by atomic mass is 32.2. The summed E-state index contributed by atoms with van der Waals surface area (Å²) < 4.78 is 28.9. The van der Waals surface area contributed by atoms with Crippen molar-refractivity contribution < 1.29 is 13.2 Å². The van der Waals surface area contributed by atoms with Crippen LogP contribution in [0.1, 0.15) is 48.5 Å². The highest BCUT2D eigenvalue weighted by Crippen LogP contribution is 2.31. The number of fused-ring (bicyclic) bond motifs is 1. The number of hydrogen-bond acceptors (Lipinski definition) is 6. The minimum absolute atomic E-state index is 0.180. The van der Waals surface area contributed by atoms with Crippen LogP contribution in [0.2, 0.25) is 0 Å². The van der Waals surface area contributed by atoms with Gasteiger partial charge in [0, 0.05) is 31.7 Å². The van der Waals surface area contributed by atoms with Crippen molar-refractivity contribution in [2.45, 2.75) is 43.9 Å². The Balaban J connectivity index is 1.60. The number of amides is 1. The summed E-state index contributed by atoms with van der Waals surface area (Å²) in [6.07, 6.45) is 4.85. The summed E-state index contributed by atoms with van der Waals surface area (Å²) in [4.78, 5) is 22.3. The van der Waals surface area contributed by atoms with Crippen LogP contribution in [0, 0.1) is 0 Å². The van der Waals surface area contributed by atoms with Gasteiger partial charge in [-0.3, -0.25) is 9.69 Å². The van der Waals surface area contributed by atoms with Crippen LogP contribution in [0.4, 0.5) is 5.13 Å². The topological polar surface area (TPSA) is 73.8 Å². The maximum atomic E-state index is 13.6. The van der Waals surface area contributed by atoms with Crippen molar-refractivity contribution in [2.75, 3.05) is 45.2 Å². The van der Waals surface area contributed by atoms with Crippen molar-refractivity contribution in [1.82, 2.24) is 14.2 Å². The Morgan fingerprint density at radius 1 is 1.00 bits per heavy atom. The normalized spacial score (nSPS) is 15.4. The molecule has 1 aliphatic heterocycles. The highest BCUT2D eigenvalue weighted by Gasteiger charge is 2.26. The lowest BCUT2D eigenvalue weighted by molar-refractivity contribution is 0.0985. The van der Waals surface area contributed by atoms with Gasteiger partial charge in [0.15, 0.2) is 5.13 Å². The Kier molecular flexibility index (Phi) is 8.21. The summed E-state index contributed by atoms with van der Waals surface area (Å²) in [5.74, 6) is -0.180. The van der Waals surface area contributed by atoms with Gasteiger partial charge >= 0.3 is 0 Å². The van der Waals surface area contributed by atoms with Crippen molar-refractivity contribution in [3.05, 3.63) is 53.6 Å². The summed E-state index contributed by atoms with van der Waals surface area (Å²) in [7, 11) is 0.384. The quantitative estimate of drug-likeness (QED) is 0.438. The number of carbonyl (C=O) groups excluding carboxylic acids is 1. The molecule has 0 unspecified atom stereocenters. The second-order valence-electron chi connectivity index (χ2n) is 9.25. The van der Waals surface area contributed by atoms with Gasteiger partial charge in [-0.15, -0.1) is 0 Å². The van der Waals surface area contributed by atoms with E-state index in [9.17, 15) is 13.2 Å². The van der Waals surface area contributed by atoms with Crippen LogP contribution >= 0.6 is 11.3 Å². The van der Waals surface area contributed by atoms with Gasteiger partial charge in [-0.1, -0.05) is 37.2 Å². The minimum atomic E-state index is -3.55. The van der Waals surface area contributed by atoms with E-state index in [0.29, 0.717) is 36.9 Å². The Bertz CT molecular complexity index is 1260. The molecule has 0 spiro atoms. The van der Waals surface area contributed by atoms with Crippen LogP contribution in [0.15, 0.2) is 47.4 Å². The lowest BCUT2D eigenvalue weighted by Gasteiger charge is -2.22. The number of benzene rings is 2. The van der Waals surface area contributed by atoms with Crippen LogP contribution in [0.5, 0.6) is 0 Å². The molecule has 1 fully saturated rings. The maximum Gasteiger partial charge on any atom is 0.260 e. The number of sulfonamides is 1. The molecule has 1 saturated heterocycles. The number of thiazole rings is 1. The number of carbonyl (C=O) groups is 1. The fourth-order valence-corrected chi connectivity index (χ4v) is 6.80. The summed E-state index contributed by atoms with van der Waals surface area (Å²) in [6, 6.07) is 12.6. The number of rotatable bonds is 8. The van der Waals surface area contributed by atoms with E-state index in [1.165, 1.54) is 16.9 Å². The zero-order valence-electron chi connectivity index (χ0n) is 20.7. The van der Waals surface area contributed by atoms with Crippen LogP contribution in [0.3, 0.4) is 0 Å². The Labute approximate surface area is 212 Å². The molecule has 0 bridgehead atoms. The summed E-state index contributed by atoms with van der Waals surface area (Å²) >= 11 is 1.51. The van der Waals surface area contributed by atoms with E-state index >= 15 is 0 Å². The van der Waals surface area contributed by atoms with E-state index in [0.717, 1.165) is 42.3 Å². The molecule has 35 heavy (non-hydrogen) atoms. The van der Waals surface area contributed by atoms with Gasteiger partial charge in [0.25, 0.3) is 5.91 Å². The summed E-state index contributed by atoms with van der Waals surface area (Å²) in [5.41, 5.74) is 2.57. The van der Waals surface area contributed by atoms with Crippen LogP contribution in [-0.2, 0) is 16.4 Å². The Morgan fingerprint density at radius 3 is 2.31 bits per heavy atom. The second kappa shape index (κ2) is 11.2.